The number of carbonyl (C=O) groups is 2. The normalized spacial score (nSPS) is 14.3. The third kappa shape index (κ3) is 2.74. The van der Waals surface area contributed by atoms with Gasteiger partial charge in [-0.05, 0) is 36.8 Å². The number of hydrogen-bond acceptors (Lipinski definition) is 3. The average molecular weight is 403 g/mol. The van der Waals surface area contributed by atoms with Gasteiger partial charge in [-0.3, -0.25) is 14.9 Å². The first-order valence-electron chi connectivity index (χ1n) is 9.64. The van der Waals surface area contributed by atoms with E-state index in [0.29, 0.717) is 29.4 Å². The van der Waals surface area contributed by atoms with Crippen molar-refractivity contribution in [2.75, 3.05) is 6.61 Å². The fourth-order valence-corrected chi connectivity index (χ4v) is 4.11. The summed E-state index contributed by atoms with van der Waals surface area (Å²) in [5, 5.41) is 13.1. The molecular formula is C23H18FN3O3. The average Bonchev–Trinajstić information content (AvgIpc) is 3.39. The molecule has 30 heavy (non-hydrogen) atoms. The minimum Gasteiger partial charge on any atom is -0.396 e. The van der Waals surface area contributed by atoms with E-state index in [1.165, 1.54) is 12.1 Å². The molecule has 5 rings (SSSR count). The summed E-state index contributed by atoms with van der Waals surface area (Å²) in [6.45, 7) is 0.640. The topological polar surface area (TPSA) is 76.3 Å². The smallest absolute Gasteiger partial charge is 0.275 e. The molecule has 2 aromatic carbocycles. The molecule has 2 aromatic heterocycles. The summed E-state index contributed by atoms with van der Waals surface area (Å²) < 4.78 is 17.2. The summed E-state index contributed by atoms with van der Waals surface area (Å²) in [5.74, 6) is -1.33. The molecule has 150 valence electrons. The summed E-state index contributed by atoms with van der Waals surface area (Å²) in [6.07, 6.45) is 4.09. The van der Waals surface area contributed by atoms with Crippen molar-refractivity contribution in [1.29, 1.82) is 0 Å². The van der Waals surface area contributed by atoms with Crippen LogP contribution in [0.3, 0.4) is 0 Å². The van der Waals surface area contributed by atoms with Crippen LogP contribution in [0.2, 0.25) is 0 Å². The fourth-order valence-electron chi connectivity index (χ4n) is 4.11. The Kier molecular flexibility index (Phi) is 4.25. The Morgan fingerprint density at radius 3 is 2.67 bits per heavy atom. The zero-order valence-electron chi connectivity index (χ0n) is 15.9. The molecule has 0 unspecified atom stereocenters. The second-order valence-corrected chi connectivity index (χ2v) is 7.23. The van der Waals surface area contributed by atoms with Gasteiger partial charge in [-0.2, -0.15) is 0 Å². The van der Waals surface area contributed by atoms with Crippen molar-refractivity contribution < 1.29 is 19.1 Å². The molecule has 2 amide bonds. The van der Waals surface area contributed by atoms with Crippen LogP contribution in [0.25, 0.3) is 33.1 Å². The molecule has 0 fully saturated rings. The predicted octanol–water partition coefficient (Wildman–Crippen LogP) is 3.14. The second kappa shape index (κ2) is 6.96. The monoisotopic (exact) mass is 403 g/mol. The number of rotatable bonds is 5. The second-order valence-electron chi connectivity index (χ2n) is 7.23. The number of carbonyl (C=O) groups excluding carboxylic acids is 2. The number of amides is 2. The van der Waals surface area contributed by atoms with Crippen LogP contribution in [0.4, 0.5) is 4.39 Å². The molecule has 0 spiro atoms. The number of imide groups is 1. The van der Waals surface area contributed by atoms with E-state index in [1.54, 1.807) is 22.9 Å². The Labute approximate surface area is 170 Å². The molecule has 0 saturated heterocycles. The van der Waals surface area contributed by atoms with E-state index in [4.69, 9.17) is 0 Å². The zero-order valence-corrected chi connectivity index (χ0v) is 15.9. The maximum atomic E-state index is 13.6. The Hall–Kier alpha value is -3.71. The summed E-state index contributed by atoms with van der Waals surface area (Å²) in [6, 6.07) is 13.7. The summed E-state index contributed by atoms with van der Waals surface area (Å²) in [7, 11) is 0. The largest absolute Gasteiger partial charge is 0.396 e. The molecule has 0 bridgehead atoms. The van der Waals surface area contributed by atoms with E-state index in [1.807, 2.05) is 35.0 Å². The number of aryl methyl sites for hydroxylation is 1. The van der Waals surface area contributed by atoms with Gasteiger partial charge in [0, 0.05) is 47.4 Å². The molecule has 0 saturated carbocycles. The van der Waals surface area contributed by atoms with Crippen molar-refractivity contribution in [2.45, 2.75) is 13.0 Å². The van der Waals surface area contributed by atoms with Gasteiger partial charge in [-0.15, -0.1) is 0 Å². The van der Waals surface area contributed by atoms with Crippen LogP contribution in [-0.4, -0.2) is 32.7 Å². The molecule has 0 atom stereocenters. The van der Waals surface area contributed by atoms with E-state index in [-0.39, 0.29) is 23.7 Å². The molecule has 7 heteroatoms. The molecule has 6 nitrogen and oxygen atoms in total. The summed E-state index contributed by atoms with van der Waals surface area (Å²) >= 11 is 0. The van der Waals surface area contributed by atoms with Crippen LogP contribution in [0.5, 0.6) is 0 Å². The Morgan fingerprint density at radius 2 is 1.83 bits per heavy atom. The first kappa shape index (κ1) is 18.3. The Bertz CT molecular complexity index is 1360. The highest BCUT2D eigenvalue weighted by Crippen LogP contribution is 2.35. The van der Waals surface area contributed by atoms with E-state index in [9.17, 15) is 19.1 Å². The number of aliphatic hydroxyl groups excluding tert-OH is 1. The van der Waals surface area contributed by atoms with Crippen molar-refractivity contribution in [3.63, 3.8) is 0 Å². The predicted molar refractivity (Wildman–Crippen MR) is 112 cm³/mol. The third-order valence-electron chi connectivity index (χ3n) is 5.41. The van der Waals surface area contributed by atoms with Crippen molar-refractivity contribution in [1.82, 2.24) is 14.5 Å². The number of fused-ring (bicyclic) bond motifs is 2. The fraction of sp³-hybridized carbons (Fsp3) is 0.130. The Balaban J connectivity index is 1.78. The van der Waals surface area contributed by atoms with Crippen molar-refractivity contribution in [2.24, 2.45) is 0 Å². The highest BCUT2D eigenvalue weighted by atomic mass is 19.1. The van der Waals surface area contributed by atoms with E-state index in [2.05, 4.69) is 5.32 Å². The number of aliphatic hydroxyl groups is 1. The van der Waals surface area contributed by atoms with Crippen LogP contribution in [0.15, 0.2) is 60.9 Å². The lowest BCUT2D eigenvalue weighted by molar-refractivity contribution is -0.122. The van der Waals surface area contributed by atoms with Gasteiger partial charge in [-0.25, -0.2) is 4.39 Å². The maximum absolute atomic E-state index is 13.6. The van der Waals surface area contributed by atoms with Crippen LogP contribution in [0, 0.1) is 5.82 Å². The van der Waals surface area contributed by atoms with Gasteiger partial charge < -0.3 is 14.2 Å². The number of benzene rings is 2. The molecule has 1 aliphatic heterocycles. The Morgan fingerprint density at radius 1 is 1.00 bits per heavy atom. The summed E-state index contributed by atoms with van der Waals surface area (Å²) in [4.78, 5) is 25.6. The number of nitrogens with zero attached hydrogens (tertiary/aromatic N) is 2. The van der Waals surface area contributed by atoms with Crippen LogP contribution in [0.1, 0.15) is 12.0 Å². The van der Waals surface area contributed by atoms with Crippen molar-refractivity contribution >= 4 is 44.9 Å². The number of hydrogen-bond donors (Lipinski definition) is 2. The van der Waals surface area contributed by atoms with Gasteiger partial charge in [-0.1, -0.05) is 18.2 Å². The molecule has 2 N–H and O–H groups in total. The number of halogens is 1. The van der Waals surface area contributed by atoms with Crippen LogP contribution in [-0.2, 0) is 16.1 Å². The van der Waals surface area contributed by atoms with Gasteiger partial charge in [0.15, 0.2) is 0 Å². The van der Waals surface area contributed by atoms with Crippen molar-refractivity contribution in [3.05, 3.63) is 72.3 Å². The first-order valence-corrected chi connectivity index (χ1v) is 9.64. The molecular weight excluding hydrogens is 385 g/mol. The molecule has 0 aliphatic carbocycles. The number of nitrogens with one attached hydrogen (secondary N) is 1. The van der Waals surface area contributed by atoms with Gasteiger partial charge in [0.25, 0.3) is 11.8 Å². The van der Waals surface area contributed by atoms with Gasteiger partial charge in [0.2, 0.25) is 0 Å². The minimum atomic E-state index is -0.496. The number of para-hydroxylation sites is 1. The third-order valence-corrected chi connectivity index (χ3v) is 5.41. The SMILES string of the molecule is O=C1NC(=O)C(n2ccc3cc(F)ccc32)=C1c1cn(CCCO)c2ccccc12. The first-order chi connectivity index (χ1) is 14.6. The zero-order chi connectivity index (χ0) is 20.8. The van der Waals surface area contributed by atoms with E-state index >= 15 is 0 Å². The standard InChI is InChI=1S/C23H18FN3O3/c24-15-6-7-18-14(12-15)8-10-27(18)21-20(22(29)25-23(21)30)17-13-26(9-3-11-28)19-5-2-1-4-16(17)19/h1-2,4-8,10,12-13,28H,3,9,11H2,(H,25,29,30). The quantitative estimate of drug-likeness (QED) is 0.503. The van der Waals surface area contributed by atoms with Crippen LogP contribution < -0.4 is 5.32 Å². The molecule has 3 heterocycles. The molecule has 0 radical (unpaired) electrons. The van der Waals surface area contributed by atoms with Crippen molar-refractivity contribution in [3.8, 4) is 0 Å². The van der Waals surface area contributed by atoms with Gasteiger partial charge >= 0.3 is 0 Å². The van der Waals surface area contributed by atoms with Gasteiger partial charge in [0.1, 0.15) is 11.5 Å². The summed E-state index contributed by atoms with van der Waals surface area (Å²) in [5.41, 5.74) is 2.69. The lowest BCUT2D eigenvalue weighted by Crippen LogP contribution is -2.23. The van der Waals surface area contributed by atoms with Gasteiger partial charge in [0.05, 0.1) is 11.1 Å². The molecule has 1 aliphatic rings. The minimum absolute atomic E-state index is 0.0562. The van der Waals surface area contributed by atoms with Crippen LogP contribution >= 0.6 is 0 Å². The number of aromatic nitrogens is 2. The van der Waals surface area contributed by atoms with E-state index in [0.717, 1.165) is 10.9 Å². The highest BCUT2D eigenvalue weighted by Gasteiger charge is 2.34. The van der Waals surface area contributed by atoms with E-state index < -0.39 is 11.8 Å². The highest BCUT2D eigenvalue weighted by molar-refractivity contribution is 6.47. The lowest BCUT2D eigenvalue weighted by atomic mass is 10.0. The maximum Gasteiger partial charge on any atom is 0.275 e. The molecule has 4 aromatic rings. The lowest BCUT2D eigenvalue weighted by Gasteiger charge is -2.07.